The molecule has 5 rings (SSSR count). The van der Waals surface area contributed by atoms with Crippen molar-refractivity contribution in [2.24, 2.45) is 5.92 Å². The molecule has 1 aliphatic carbocycles. The molecular formula is C31H31F10N7O2. The van der Waals surface area contributed by atoms with Gasteiger partial charge in [0.2, 0.25) is 5.91 Å². The molecule has 0 radical (unpaired) electrons. The van der Waals surface area contributed by atoms with Crippen LogP contribution in [-0.4, -0.2) is 75.2 Å². The van der Waals surface area contributed by atoms with E-state index in [0.29, 0.717) is 22.6 Å². The molecule has 19 heteroatoms. The van der Waals surface area contributed by atoms with Crippen LogP contribution in [0.5, 0.6) is 0 Å². The number of rotatable bonds is 5. The number of likely N-dealkylation sites (N-methyl/N-ethyl adjacent to an activating group) is 1. The predicted octanol–water partition coefficient (Wildman–Crippen LogP) is 7.17. The molecule has 9 nitrogen and oxygen atoms in total. The highest BCUT2D eigenvalue weighted by atomic mass is 19.4. The zero-order valence-electron chi connectivity index (χ0n) is 26.5. The average molecular weight is 724 g/mol. The summed E-state index contributed by atoms with van der Waals surface area (Å²) in [6.07, 6.45) is -13.9. The van der Waals surface area contributed by atoms with Gasteiger partial charge in [0.1, 0.15) is 5.82 Å². The van der Waals surface area contributed by atoms with Gasteiger partial charge < -0.3 is 9.80 Å². The number of hydrogen-bond acceptors (Lipinski definition) is 5. The van der Waals surface area contributed by atoms with Crippen LogP contribution < -0.4 is 4.90 Å². The van der Waals surface area contributed by atoms with Crippen molar-refractivity contribution in [3.05, 3.63) is 70.8 Å². The van der Waals surface area contributed by atoms with E-state index in [2.05, 4.69) is 15.5 Å². The van der Waals surface area contributed by atoms with Gasteiger partial charge in [-0.05, 0) is 78.4 Å². The third-order valence-corrected chi connectivity index (χ3v) is 9.37. The van der Waals surface area contributed by atoms with E-state index in [1.807, 2.05) is 0 Å². The van der Waals surface area contributed by atoms with Gasteiger partial charge in [0.15, 0.2) is 0 Å². The second kappa shape index (κ2) is 13.7. The molecule has 0 N–H and O–H groups in total. The summed E-state index contributed by atoms with van der Waals surface area (Å²) in [5, 5.41) is 9.72. The molecule has 2 aliphatic rings. The number of carbonyl (C=O) groups excluding carboxylic acids is 2. The summed E-state index contributed by atoms with van der Waals surface area (Å²) in [5.41, 5.74) is -3.30. The van der Waals surface area contributed by atoms with Crippen LogP contribution in [-0.2, 0) is 23.3 Å². The van der Waals surface area contributed by atoms with E-state index in [0.717, 1.165) is 11.7 Å². The normalized spacial score (nSPS) is 22.0. The third-order valence-electron chi connectivity index (χ3n) is 9.37. The Hall–Kier alpha value is -4.45. The molecule has 2 unspecified atom stereocenters. The zero-order valence-corrected chi connectivity index (χ0v) is 26.5. The van der Waals surface area contributed by atoms with Gasteiger partial charge in [-0.3, -0.25) is 9.69 Å². The van der Waals surface area contributed by atoms with Crippen molar-refractivity contribution in [2.75, 3.05) is 32.1 Å². The summed E-state index contributed by atoms with van der Waals surface area (Å²) in [6, 6.07) is 3.81. The van der Waals surface area contributed by atoms with Crippen LogP contribution >= 0.6 is 0 Å². The van der Waals surface area contributed by atoms with Crippen LogP contribution in [0.3, 0.4) is 0 Å². The van der Waals surface area contributed by atoms with Crippen molar-refractivity contribution < 1.29 is 53.5 Å². The quantitative estimate of drug-likeness (QED) is 0.261. The standard InChI is InChI=1S/C31H31F10N7O2/c1-45(23-14-19(29(33,34)35)13-20(15-23)30(36,37)38)28(50)46(2)25-11-12-47(16-24(25)17-3-7-21(32)8-4-17)26(49)18-5-9-22(10-6-18)48-27(31(39,40)41)42-43-44-48/h3-4,7-8,13-15,18,22,24-25H,5-6,9-12,16H2,1-2H3. The number of likely N-dealkylation sites (tertiary alicyclic amines) is 1. The molecule has 0 spiro atoms. The first kappa shape index (κ1) is 36.8. The maximum Gasteiger partial charge on any atom is 0.453 e. The lowest BCUT2D eigenvalue weighted by molar-refractivity contribution is -0.149. The van der Waals surface area contributed by atoms with E-state index in [-0.39, 0.29) is 57.2 Å². The van der Waals surface area contributed by atoms with Gasteiger partial charge >= 0.3 is 24.6 Å². The molecule has 2 fully saturated rings. The summed E-state index contributed by atoms with van der Waals surface area (Å²) < 4.78 is 136. The Morgan fingerprint density at radius 3 is 1.92 bits per heavy atom. The highest BCUT2D eigenvalue weighted by molar-refractivity contribution is 5.92. The molecule has 1 aliphatic heterocycles. The van der Waals surface area contributed by atoms with Crippen molar-refractivity contribution >= 4 is 17.6 Å². The summed E-state index contributed by atoms with van der Waals surface area (Å²) in [4.78, 5) is 30.7. The van der Waals surface area contributed by atoms with Crippen LogP contribution in [0.15, 0.2) is 42.5 Å². The maximum atomic E-state index is 13.9. The number of carbonyl (C=O) groups is 2. The van der Waals surface area contributed by atoms with Crippen molar-refractivity contribution in [3.8, 4) is 0 Å². The fraction of sp³-hybridized carbons (Fsp3) is 0.516. The number of alkyl halides is 9. The Balaban J connectivity index is 1.34. The number of piperidine rings is 1. The monoisotopic (exact) mass is 723 g/mol. The minimum Gasteiger partial charge on any atom is -0.342 e. The lowest BCUT2D eigenvalue weighted by Gasteiger charge is -2.45. The highest BCUT2D eigenvalue weighted by Gasteiger charge is 2.43. The average Bonchev–Trinajstić information content (AvgIpc) is 3.57. The molecule has 50 heavy (non-hydrogen) atoms. The van der Waals surface area contributed by atoms with E-state index in [9.17, 15) is 53.5 Å². The Labute approximate surface area is 278 Å². The lowest BCUT2D eigenvalue weighted by atomic mass is 9.82. The molecule has 1 saturated heterocycles. The van der Waals surface area contributed by atoms with Gasteiger partial charge in [0.05, 0.1) is 17.2 Å². The van der Waals surface area contributed by atoms with Crippen molar-refractivity contribution in [3.63, 3.8) is 0 Å². The van der Waals surface area contributed by atoms with Gasteiger partial charge in [-0.25, -0.2) is 13.9 Å². The van der Waals surface area contributed by atoms with Crippen molar-refractivity contribution in [2.45, 2.75) is 68.6 Å². The summed E-state index contributed by atoms with van der Waals surface area (Å²) in [6.45, 7) is 0.152. The molecular weight excluding hydrogens is 692 g/mol. The maximum absolute atomic E-state index is 13.9. The van der Waals surface area contributed by atoms with E-state index in [1.165, 1.54) is 36.2 Å². The third kappa shape index (κ3) is 7.80. The number of anilines is 1. The molecule has 3 amide bonds. The smallest absolute Gasteiger partial charge is 0.342 e. The summed E-state index contributed by atoms with van der Waals surface area (Å²) in [7, 11) is 2.38. The molecule has 3 aromatic rings. The predicted molar refractivity (Wildman–Crippen MR) is 156 cm³/mol. The van der Waals surface area contributed by atoms with Crippen LogP contribution in [0.4, 0.5) is 54.4 Å². The molecule has 2 aromatic carbocycles. The molecule has 272 valence electrons. The van der Waals surface area contributed by atoms with E-state index in [1.54, 1.807) is 4.90 Å². The van der Waals surface area contributed by atoms with Crippen LogP contribution in [0, 0.1) is 11.7 Å². The Kier molecular flexibility index (Phi) is 10.1. The molecule has 2 heterocycles. The number of halogens is 10. The Morgan fingerprint density at radius 2 is 1.38 bits per heavy atom. The minimum absolute atomic E-state index is 0.0311. The fourth-order valence-corrected chi connectivity index (χ4v) is 6.71. The first-order valence-electron chi connectivity index (χ1n) is 15.4. The molecule has 2 atom stereocenters. The van der Waals surface area contributed by atoms with Gasteiger partial charge in [-0.15, -0.1) is 5.10 Å². The topological polar surface area (TPSA) is 87.5 Å². The van der Waals surface area contributed by atoms with E-state index in [4.69, 9.17) is 0 Å². The van der Waals surface area contributed by atoms with Gasteiger partial charge in [0.25, 0.3) is 5.82 Å². The minimum atomic E-state index is -5.13. The molecule has 1 saturated carbocycles. The van der Waals surface area contributed by atoms with Crippen LogP contribution in [0.2, 0.25) is 0 Å². The SMILES string of the molecule is CN(C(=O)N(C)C1CCN(C(=O)C2CCC(n3nnnc3C(F)(F)F)CC2)CC1c1ccc(F)cc1)c1cc(C(F)(F)F)cc(C(F)(F)F)c1. The summed E-state index contributed by atoms with van der Waals surface area (Å²) in [5.74, 6) is -3.23. The Bertz CT molecular complexity index is 1650. The number of hydrogen-bond donors (Lipinski definition) is 0. The number of benzene rings is 2. The number of nitrogens with zero attached hydrogens (tertiary/aromatic N) is 7. The fourth-order valence-electron chi connectivity index (χ4n) is 6.71. The van der Waals surface area contributed by atoms with Crippen molar-refractivity contribution in [1.29, 1.82) is 0 Å². The van der Waals surface area contributed by atoms with Crippen molar-refractivity contribution in [1.82, 2.24) is 30.0 Å². The van der Waals surface area contributed by atoms with Gasteiger partial charge in [-0.1, -0.05) is 12.1 Å². The number of tetrazole rings is 1. The second-order valence-corrected chi connectivity index (χ2v) is 12.5. The van der Waals surface area contributed by atoms with Crippen LogP contribution in [0.25, 0.3) is 0 Å². The van der Waals surface area contributed by atoms with E-state index >= 15 is 0 Å². The van der Waals surface area contributed by atoms with Crippen LogP contribution in [0.1, 0.15) is 66.6 Å². The Morgan fingerprint density at radius 1 is 0.800 bits per heavy atom. The highest BCUT2D eigenvalue weighted by Crippen LogP contribution is 2.40. The zero-order chi connectivity index (χ0) is 36.8. The number of amides is 3. The number of aromatic nitrogens is 4. The van der Waals surface area contributed by atoms with E-state index < -0.39 is 76.9 Å². The largest absolute Gasteiger partial charge is 0.453 e. The molecule has 0 bridgehead atoms. The molecule has 1 aromatic heterocycles. The summed E-state index contributed by atoms with van der Waals surface area (Å²) >= 11 is 0. The first-order chi connectivity index (χ1) is 23.3. The van der Waals surface area contributed by atoms with Gasteiger partial charge in [-0.2, -0.15) is 39.5 Å². The second-order valence-electron chi connectivity index (χ2n) is 12.5. The first-order valence-corrected chi connectivity index (χ1v) is 15.4. The number of urea groups is 1. The van der Waals surface area contributed by atoms with Gasteiger partial charge in [0, 0.05) is 50.7 Å². The lowest BCUT2D eigenvalue weighted by Crippen LogP contribution is -2.55.